The van der Waals surface area contributed by atoms with Gasteiger partial charge in [0.1, 0.15) is 12.3 Å². The highest BCUT2D eigenvalue weighted by Gasteiger charge is 2.10. The zero-order valence-electron chi connectivity index (χ0n) is 9.83. The van der Waals surface area contributed by atoms with Gasteiger partial charge in [-0.25, -0.2) is 0 Å². The van der Waals surface area contributed by atoms with Crippen LogP contribution in [0.1, 0.15) is 23.5 Å². The maximum atomic E-state index is 8.37. The summed E-state index contributed by atoms with van der Waals surface area (Å²) in [4.78, 5) is 10.3. The van der Waals surface area contributed by atoms with Crippen molar-refractivity contribution in [2.45, 2.75) is 12.3 Å². The minimum atomic E-state index is -1.02. The first-order chi connectivity index (χ1) is 9.76. The predicted octanol–water partition coefficient (Wildman–Crippen LogP) is 4.93. The molecule has 0 amide bonds. The molecular weight excluding hydrogens is 264 g/mol. The van der Waals surface area contributed by atoms with Gasteiger partial charge in [0, 0.05) is 19.6 Å². The molecule has 1 aromatic rings. The van der Waals surface area contributed by atoms with E-state index < -0.39 is 12.3 Å². The maximum absolute atomic E-state index is 8.37. The summed E-state index contributed by atoms with van der Waals surface area (Å²) >= 11 is 0. The molecule has 0 spiro atoms. The van der Waals surface area contributed by atoms with E-state index in [1.807, 2.05) is 0 Å². The van der Waals surface area contributed by atoms with Crippen LogP contribution in [0.5, 0.6) is 0 Å². The third-order valence-electron chi connectivity index (χ3n) is 2.18. The van der Waals surface area contributed by atoms with Gasteiger partial charge in [-0.15, -0.1) is 0 Å². The minimum absolute atomic E-state index is 0.449. The van der Waals surface area contributed by atoms with Gasteiger partial charge in [-0.2, -0.15) is 0 Å². The van der Waals surface area contributed by atoms with Gasteiger partial charge in [-0.05, 0) is 33.3 Å². The Labute approximate surface area is 111 Å². The van der Waals surface area contributed by atoms with Crippen LogP contribution in [0, 0.1) is 0 Å². The molecule has 0 unspecified atom stereocenters. The first kappa shape index (κ1) is 14.5. The van der Waals surface area contributed by atoms with Crippen molar-refractivity contribution in [2.75, 3.05) is 0 Å². The first-order valence-electron chi connectivity index (χ1n) is 5.03. The molecule has 0 atom stereocenters. The number of benzene rings is 1. The lowest BCUT2D eigenvalue weighted by molar-refractivity contribution is 0.741. The molecule has 1 aromatic carbocycles. The van der Waals surface area contributed by atoms with Crippen molar-refractivity contribution >= 4 is 0 Å². The zero-order chi connectivity index (χ0) is 14.8. The summed E-state index contributed by atoms with van der Waals surface area (Å²) in [6, 6.07) is 6.04. The monoisotopic (exact) mass is 270 g/mol. The molecule has 0 radical (unpaired) electrons. The van der Waals surface area contributed by atoms with E-state index in [0.29, 0.717) is 11.1 Å². The quantitative estimate of drug-likeness (QED) is 0.384. The fraction of sp³-hybridized carbons (Fsp3) is 0.250. The van der Waals surface area contributed by atoms with Crippen molar-refractivity contribution in [3.63, 3.8) is 0 Å². The van der Waals surface area contributed by atoms with E-state index in [-0.39, 0.29) is 0 Å². The molecule has 1 rings (SSSR count). The molecule has 20 heavy (non-hydrogen) atoms. The predicted molar refractivity (Wildman–Crippen MR) is 68.5 cm³/mol. The second-order valence-electron chi connectivity index (χ2n) is 3.23. The fourth-order valence-electron chi connectivity index (χ4n) is 1.35. The smallest absolute Gasteiger partial charge is 0.0798 e. The summed E-state index contributed by atoms with van der Waals surface area (Å²) < 4.78 is 0. The molecule has 0 fully saturated rings. The van der Waals surface area contributed by atoms with E-state index >= 15 is 0 Å². The Morgan fingerprint density at radius 1 is 0.600 bits per heavy atom. The van der Waals surface area contributed by atoms with Crippen LogP contribution in [0.4, 0.5) is 0 Å². The van der Waals surface area contributed by atoms with Gasteiger partial charge in [0.05, 0.1) is 0 Å². The molecule has 12 nitrogen and oxygen atoms in total. The van der Waals surface area contributed by atoms with Crippen LogP contribution >= 0.6 is 0 Å². The van der Waals surface area contributed by atoms with Gasteiger partial charge in [0.25, 0.3) is 0 Å². The largest absolute Gasteiger partial charge is 0.141 e. The van der Waals surface area contributed by atoms with Crippen molar-refractivity contribution in [1.82, 2.24) is 0 Å². The highest BCUT2D eigenvalue weighted by atomic mass is 15.3. The van der Waals surface area contributed by atoms with Crippen molar-refractivity contribution in [1.29, 1.82) is 0 Å². The third kappa shape index (κ3) is 3.74. The fourth-order valence-corrected chi connectivity index (χ4v) is 1.35. The average Bonchev–Trinajstić information content (AvgIpc) is 2.47. The molecule has 12 heteroatoms. The Hall–Kier alpha value is -3.54. The first-order valence-corrected chi connectivity index (χ1v) is 5.03. The number of hydrogen-bond acceptors (Lipinski definition) is 4. The molecule has 0 N–H and O–H groups in total. The van der Waals surface area contributed by atoms with Crippen LogP contribution in [-0.4, -0.2) is 0 Å². The topological polar surface area (TPSA) is 195 Å². The maximum Gasteiger partial charge on any atom is 0.141 e. The van der Waals surface area contributed by atoms with Crippen LogP contribution in [0.3, 0.4) is 0 Å². The van der Waals surface area contributed by atoms with E-state index in [2.05, 4.69) is 40.1 Å². The molecule has 0 aliphatic heterocycles. The molecule has 0 bridgehead atoms. The normalized spacial score (nSPS) is 11.6. The zero-order valence-corrected chi connectivity index (χ0v) is 9.83. The molecule has 0 heterocycles. The number of nitrogens with zero attached hydrogens (tertiary/aromatic N) is 12. The van der Waals surface area contributed by atoms with Crippen molar-refractivity contribution in [3.05, 3.63) is 77.2 Å². The molecule has 0 aliphatic rings. The average molecular weight is 270 g/mol. The van der Waals surface area contributed by atoms with Gasteiger partial charge in [-0.3, -0.25) is 0 Å². The summed E-state index contributed by atoms with van der Waals surface area (Å²) in [5, 5.41) is 13.3. The van der Waals surface area contributed by atoms with E-state index in [1.54, 1.807) is 0 Å². The minimum Gasteiger partial charge on any atom is -0.0798 e. The Bertz CT molecular complexity index is 556. The van der Waals surface area contributed by atoms with Gasteiger partial charge < -0.3 is 0 Å². The Morgan fingerprint density at radius 2 is 0.850 bits per heavy atom. The van der Waals surface area contributed by atoms with E-state index in [0.717, 1.165) is 0 Å². The summed E-state index contributed by atoms with van der Waals surface area (Å²) in [5.41, 5.74) is 34.4. The molecule has 0 saturated carbocycles. The second-order valence-corrected chi connectivity index (χ2v) is 3.23. The Balaban J connectivity index is 3.14. The van der Waals surface area contributed by atoms with Crippen LogP contribution < -0.4 is 0 Å². The van der Waals surface area contributed by atoms with Crippen molar-refractivity contribution in [3.8, 4) is 0 Å². The van der Waals surface area contributed by atoms with Crippen molar-refractivity contribution in [2.24, 2.45) is 20.5 Å². The number of azide groups is 2. The van der Waals surface area contributed by atoms with Crippen LogP contribution in [0.15, 0.2) is 44.7 Å². The Morgan fingerprint density at radius 3 is 1.05 bits per heavy atom. The summed E-state index contributed by atoms with van der Waals surface area (Å²) in [6.45, 7) is 0. The lowest BCUT2D eigenvalue weighted by Gasteiger charge is -2.08. The van der Waals surface area contributed by atoms with Crippen LogP contribution in [0.2, 0.25) is 0 Å². The molecular formula is C8H6N12. The SMILES string of the molecule is [N-]=[N+]=NC(N=[N+]=[N-])c1ccc(C(N=[N+]=[N-])N=[N+]=[N-])cc1. The second kappa shape index (κ2) is 7.72. The van der Waals surface area contributed by atoms with Crippen LogP contribution in [0.25, 0.3) is 41.8 Å². The number of rotatable bonds is 6. The summed E-state index contributed by atoms with van der Waals surface area (Å²) in [7, 11) is 0. The lowest BCUT2D eigenvalue weighted by atomic mass is 10.1. The Kier molecular flexibility index (Phi) is 5.61. The highest BCUT2D eigenvalue weighted by Crippen LogP contribution is 2.24. The van der Waals surface area contributed by atoms with E-state index in [1.165, 1.54) is 24.3 Å². The van der Waals surface area contributed by atoms with Gasteiger partial charge in [0.15, 0.2) is 0 Å². The van der Waals surface area contributed by atoms with Gasteiger partial charge in [0.2, 0.25) is 0 Å². The van der Waals surface area contributed by atoms with E-state index in [9.17, 15) is 0 Å². The van der Waals surface area contributed by atoms with Crippen LogP contribution in [-0.2, 0) is 0 Å². The summed E-state index contributed by atoms with van der Waals surface area (Å²) in [5.74, 6) is 0. The van der Waals surface area contributed by atoms with Gasteiger partial charge >= 0.3 is 0 Å². The molecule has 98 valence electrons. The molecule has 0 aliphatic carbocycles. The van der Waals surface area contributed by atoms with Crippen molar-refractivity contribution < 1.29 is 0 Å². The molecule has 0 aromatic heterocycles. The standard InChI is InChI=1S/C8H6N12/c9-17-13-7(14-18-10)5-1-2-6(4-3-5)8(15-19-11)16-20-12/h1-4,7-8H. The van der Waals surface area contributed by atoms with E-state index in [4.69, 9.17) is 22.1 Å². The van der Waals surface area contributed by atoms with Gasteiger partial charge in [-0.1, -0.05) is 44.7 Å². The molecule has 0 saturated heterocycles. The highest BCUT2D eigenvalue weighted by molar-refractivity contribution is 5.27. The summed E-state index contributed by atoms with van der Waals surface area (Å²) in [6.07, 6.45) is -2.03. The third-order valence-corrected chi connectivity index (χ3v) is 2.18. The number of hydrogen-bond donors (Lipinski definition) is 0. The lowest BCUT2D eigenvalue weighted by Crippen LogP contribution is -1.93.